The number of aromatic nitrogens is 1. The minimum absolute atomic E-state index is 0.0273. The van der Waals surface area contributed by atoms with Crippen molar-refractivity contribution in [3.05, 3.63) is 51.3 Å². The molecule has 0 radical (unpaired) electrons. The predicted molar refractivity (Wildman–Crippen MR) is 76.0 cm³/mol. The molecular formula is C13H11BrClFN2O. The summed E-state index contributed by atoms with van der Waals surface area (Å²) in [5.74, 6) is 0.113. The standard InChI is InChI=1S/C13H11BrClFN2O/c1-7(17)8-2-3-13(18-6-8)19-12-5-11(16)10(15)4-9(12)14/h2-7H,17H2,1H3/t7-/m0/s1. The van der Waals surface area contributed by atoms with Crippen molar-refractivity contribution in [3.8, 4) is 11.6 Å². The maximum absolute atomic E-state index is 13.4. The Kier molecular flexibility index (Phi) is 4.39. The van der Waals surface area contributed by atoms with Crippen LogP contribution in [0.5, 0.6) is 11.6 Å². The third kappa shape index (κ3) is 3.43. The first-order valence-corrected chi connectivity index (χ1v) is 6.68. The molecule has 0 amide bonds. The molecule has 3 nitrogen and oxygen atoms in total. The van der Waals surface area contributed by atoms with Crippen LogP contribution in [0.1, 0.15) is 18.5 Å². The highest BCUT2D eigenvalue weighted by atomic mass is 79.9. The predicted octanol–water partition coefficient (Wildman–Crippen LogP) is 4.45. The maximum atomic E-state index is 13.4. The Bertz CT molecular complexity index is 590. The van der Waals surface area contributed by atoms with E-state index in [4.69, 9.17) is 22.1 Å². The molecule has 0 aliphatic carbocycles. The molecule has 2 N–H and O–H groups in total. The van der Waals surface area contributed by atoms with Gasteiger partial charge in [0.05, 0.1) is 9.50 Å². The van der Waals surface area contributed by atoms with Crippen LogP contribution in [0.15, 0.2) is 34.9 Å². The first kappa shape index (κ1) is 14.2. The molecule has 0 saturated heterocycles. The fraction of sp³-hybridized carbons (Fsp3) is 0.154. The molecule has 2 aromatic rings. The summed E-state index contributed by atoms with van der Waals surface area (Å²) in [6, 6.07) is 6.03. The average Bonchev–Trinajstić information content (AvgIpc) is 2.36. The lowest BCUT2D eigenvalue weighted by Gasteiger charge is -2.09. The monoisotopic (exact) mass is 344 g/mol. The second kappa shape index (κ2) is 5.86. The fourth-order valence-corrected chi connectivity index (χ4v) is 2.14. The van der Waals surface area contributed by atoms with E-state index in [1.807, 2.05) is 13.0 Å². The summed E-state index contributed by atoms with van der Waals surface area (Å²) in [5.41, 5.74) is 6.62. The highest BCUT2D eigenvalue weighted by molar-refractivity contribution is 9.10. The Morgan fingerprint density at radius 3 is 2.74 bits per heavy atom. The summed E-state index contributed by atoms with van der Waals surface area (Å²) in [6.45, 7) is 1.86. The molecule has 0 saturated carbocycles. The van der Waals surface area contributed by atoms with E-state index in [-0.39, 0.29) is 11.1 Å². The van der Waals surface area contributed by atoms with Gasteiger partial charge in [-0.1, -0.05) is 17.7 Å². The van der Waals surface area contributed by atoms with Gasteiger partial charge in [0.2, 0.25) is 5.88 Å². The topological polar surface area (TPSA) is 48.1 Å². The normalized spacial score (nSPS) is 12.3. The third-order valence-electron chi connectivity index (χ3n) is 2.47. The van der Waals surface area contributed by atoms with Crippen LogP contribution in [0.3, 0.4) is 0 Å². The summed E-state index contributed by atoms with van der Waals surface area (Å²) in [4.78, 5) is 4.11. The summed E-state index contributed by atoms with van der Waals surface area (Å²) < 4.78 is 19.4. The second-order valence-electron chi connectivity index (χ2n) is 4.02. The number of hydrogen-bond donors (Lipinski definition) is 1. The maximum Gasteiger partial charge on any atom is 0.219 e. The molecule has 1 aromatic carbocycles. The van der Waals surface area contributed by atoms with Gasteiger partial charge < -0.3 is 10.5 Å². The number of ether oxygens (including phenoxy) is 1. The zero-order chi connectivity index (χ0) is 14.0. The molecular weight excluding hydrogens is 335 g/mol. The number of benzene rings is 1. The molecule has 0 aliphatic heterocycles. The molecule has 0 spiro atoms. The van der Waals surface area contributed by atoms with Gasteiger partial charge >= 0.3 is 0 Å². The molecule has 1 heterocycles. The van der Waals surface area contributed by atoms with Crippen molar-refractivity contribution < 1.29 is 9.13 Å². The van der Waals surface area contributed by atoms with Crippen LogP contribution < -0.4 is 10.5 Å². The minimum Gasteiger partial charge on any atom is -0.438 e. The number of halogens is 3. The molecule has 0 aliphatic rings. The van der Waals surface area contributed by atoms with Crippen molar-refractivity contribution in [1.82, 2.24) is 4.98 Å². The minimum atomic E-state index is -0.549. The molecule has 0 unspecified atom stereocenters. The van der Waals surface area contributed by atoms with Crippen LogP contribution in [-0.2, 0) is 0 Å². The first-order valence-electron chi connectivity index (χ1n) is 5.51. The van der Waals surface area contributed by atoms with Gasteiger partial charge in [-0.05, 0) is 34.5 Å². The van der Waals surface area contributed by atoms with E-state index in [1.165, 1.54) is 12.1 Å². The summed E-state index contributed by atoms with van der Waals surface area (Å²) >= 11 is 8.91. The zero-order valence-corrected chi connectivity index (χ0v) is 12.4. The van der Waals surface area contributed by atoms with Crippen molar-refractivity contribution in [2.24, 2.45) is 5.73 Å². The lowest BCUT2D eigenvalue weighted by Crippen LogP contribution is -2.05. The summed E-state index contributed by atoms with van der Waals surface area (Å²) in [7, 11) is 0. The number of nitrogens with zero attached hydrogens (tertiary/aromatic N) is 1. The van der Waals surface area contributed by atoms with E-state index in [1.54, 1.807) is 12.3 Å². The van der Waals surface area contributed by atoms with Crippen LogP contribution in [0.25, 0.3) is 0 Å². The van der Waals surface area contributed by atoms with Gasteiger partial charge in [0.25, 0.3) is 0 Å². The van der Waals surface area contributed by atoms with Gasteiger partial charge in [-0.2, -0.15) is 0 Å². The van der Waals surface area contributed by atoms with Crippen LogP contribution in [0.4, 0.5) is 4.39 Å². The van der Waals surface area contributed by atoms with Gasteiger partial charge in [-0.15, -0.1) is 0 Å². The quantitative estimate of drug-likeness (QED) is 0.836. The lowest BCUT2D eigenvalue weighted by atomic mass is 10.2. The Balaban J connectivity index is 2.24. The van der Waals surface area contributed by atoms with Crippen molar-refractivity contribution in [3.63, 3.8) is 0 Å². The van der Waals surface area contributed by atoms with Crippen molar-refractivity contribution in [1.29, 1.82) is 0 Å². The average molecular weight is 346 g/mol. The lowest BCUT2D eigenvalue weighted by molar-refractivity contribution is 0.454. The molecule has 0 bridgehead atoms. The molecule has 1 aromatic heterocycles. The van der Waals surface area contributed by atoms with Crippen LogP contribution in [-0.4, -0.2) is 4.98 Å². The van der Waals surface area contributed by atoms with Gasteiger partial charge in [-0.25, -0.2) is 9.37 Å². The van der Waals surface area contributed by atoms with Crippen LogP contribution >= 0.6 is 27.5 Å². The number of pyridine rings is 1. The smallest absolute Gasteiger partial charge is 0.219 e. The highest BCUT2D eigenvalue weighted by Gasteiger charge is 2.10. The Morgan fingerprint density at radius 2 is 2.16 bits per heavy atom. The Hall–Kier alpha value is -1.17. The summed E-state index contributed by atoms with van der Waals surface area (Å²) in [5, 5.41) is 0.0273. The first-order chi connectivity index (χ1) is 8.97. The number of hydrogen-bond acceptors (Lipinski definition) is 3. The van der Waals surface area contributed by atoms with Crippen molar-refractivity contribution in [2.75, 3.05) is 0 Å². The Labute approximate surface area is 123 Å². The van der Waals surface area contributed by atoms with E-state index in [9.17, 15) is 4.39 Å². The fourth-order valence-electron chi connectivity index (χ4n) is 1.42. The van der Waals surface area contributed by atoms with E-state index in [0.717, 1.165) is 5.56 Å². The molecule has 6 heteroatoms. The van der Waals surface area contributed by atoms with E-state index in [2.05, 4.69) is 20.9 Å². The largest absolute Gasteiger partial charge is 0.438 e. The van der Waals surface area contributed by atoms with Gasteiger partial charge in [0, 0.05) is 24.4 Å². The van der Waals surface area contributed by atoms with Gasteiger partial charge in [-0.3, -0.25) is 0 Å². The van der Waals surface area contributed by atoms with Crippen molar-refractivity contribution in [2.45, 2.75) is 13.0 Å². The SMILES string of the molecule is C[C@H](N)c1ccc(Oc2cc(F)c(Cl)cc2Br)nc1. The zero-order valence-electron chi connectivity index (χ0n) is 10.0. The molecule has 19 heavy (non-hydrogen) atoms. The molecule has 1 atom stereocenters. The molecule has 0 fully saturated rings. The van der Waals surface area contributed by atoms with Gasteiger partial charge in [0.15, 0.2) is 0 Å². The van der Waals surface area contributed by atoms with E-state index >= 15 is 0 Å². The number of rotatable bonds is 3. The molecule has 2 rings (SSSR count). The van der Waals surface area contributed by atoms with Crippen molar-refractivity contribution >= 4 is 27.5 Å². The van der Waals surface area contributed by atoms with E-state index in [0.29, 0.717) is 16.1 Å². The number of nitrogens with two attached hydrogens (primary N) is 1. The third-order valence-corrected chi connectivity index (χ3v) is 3.38. The molecule has 100 valence electrons. The van der Waals surface area contributed by atoms with E-state index < -0.39 is 5.82 Å². The highest BCUT2D eigenvalue weighted by Crippen LogP contribution is 2.33. The Morgan fingerprint density at radius 1 is 1.42 bits per heavy atom. The summed E-state index contributed by atoms with van der Waals surface area (Å²) in [6.07, 6.45) is 1.63. The second-order valence-corrected chi connectivity index (χ2v) is 5.28. The van der Waals surface area contributed by atoms with Gasteiger partial charge in [0.1, 0.15) is 11.6 Å². The van der Waals surface area contributed by atoms with Crippen LogP contribution in [0, 0.1) is 5.82 Å². The van der Waals surface area contributed by atoms with Crippen LogP contribution in [0.2, 0.25) is 5.02 Å².